The average molecular weight is 393 g/mol. The van der Waals surface area contributed by atoms with Gasteiger partial charge in [-0.05, 0) is 36.6 Å². The molecule has 2 aromatic heterocycles. The fourth-order valence-electron chi connectivity index (χ4n) is 3.85. The van der Waals surface area contributed by atoms with Gasteiger partial charge in [0, 0.05) is 34.9 Å². The second-order valence-electron chi connectivity index (χ2n) is 7.41. The Morgan fingerprint density at radius 2 is 1.67 bits per heavy atom. The summed E-state index contributed by atoms with van der Waals surface area (Å²) in [6.07, 6.45) is 9.68. The number of nitrogens with zero attached hydrogens (tertiary/aromatic N) is 3. The van der Waals surface area contributed by atoms with E-state index < -0.39 is 0 Å². The first-order valence-corrected chi connectivity index (χ1v) is 9.94. The summed E-state index contributed by atoms with van der Waals surface area (Å²) < 4.78 is 1.80. The number of carbonyl (C=O) groups is 1. The number of rotatable bonds is 5. The van der Waals surface area contributed by atoms with Crippen LogP contribution in [0.5, 0.6) is 0 Å². The summed E-state index contributed by atoms with van der Waals surface area (Å²) in [5.74, 6) is -0.317. The molecule has 1 fully saturated rings. The zero-order chi connectivity index (χ0) is 20.5. The van der Waals surface area contributed by atoms with E-state index >= 15 is 0 Å². The molecule has 0 bridgehead atoms. The highest BCUT2D eigenvalue weighted by Crippen LogP contribution is 2.39. The average Bonchev–Trinajstić information content (AvgIpc) is 3.63. The summed E-state index contributed by atoms with van der Waals surface area (Å²) in [6, 6.07) is 17.6. The molecule has 0 N–H and O–H groups in total. The number of benzene rings is 2. The Balaban J connectivity index is 1.78. The molecule has 0 amide bonds. The van der Waals surface area contributed by atoms with Crippen LogP contribution < -0.4 is 5.56 Å². The van der Waals surface area contributed by atoms with Crippen LogP contribution in [0.2, 0.25) is 0 Å². The summed E-state index contributed by atoms with van der Waals surface area (Å²) in [5, 5.41) is 0.912. The van der Waals surface area contributed by atoms with Crippen molar-refractivity contribution in [3.8, 4) is 11.1 Å². The fourth-order valence-corrected chi connectivity index (χ4v) is 3.85. The number of fused-ring (bicyclic) bond motifs is 1. The minimum absolute atomic E-state index is 0.158. The van der Waals surface area contributed by atoms with E-state index in [2.05, 4.69) is 9.97 Å². The highest BCUT2D eigenvalue weighted by Gasteiger charge is 2.30. The summed E-state index contributed by atoms with van der Waals surface area (Å²) in [4.78, 5) is 34.9. The number of allylic oxidation sites excluding steroid dienone is 1. The topological polar surface area (TPSA) is 64.8 Å². The van der Waals surface area contributed by atoms with Gasteiger partial charge in [0.05, 0.1) is 11.1 Å². The van der Waals surface area contributed by atoms with Crippen LogP contribution in [0.3, 0.4) is 0 Å². The Morgan fingerprint density at radius 1 is 0.967 bits per heavy atom. The lowest BCUT2D eigenvalue weighted by Crippen LogP contribution is -2.27. The third-order valence-corrected chi connectivity index (χ3v) is 5.34. The van der Waals surface area contributed by atoms with Gasteiger partial charge < -0.3 is 4.57 Å². The van der Waals surface area contributed by atoms with Crippen molar-refractivity contribution in [3.05, 3.63) is 101 Å². The Kier molecular flexibility index (Phi) is 4.56. The van der Waals surface area contributed by atoms with Crippen molar-refractivity contribution < 1.29 is 4.79 Å². The van der Waals surface area contributed by atoms with Gasteiger partial charge in [-0.15, -0.1) is 0 Å². The summed E-state index contributed by atoms with van der Waals surface area (Å²) in [6.45, 7) is 0. The largest absolute Gasteiger partial charge is 0.305 e. The smallest absolute Gasteiger partial charge is 0.263 e. The molecule has 0 atom stereocenters. The van der Waals surface area contributed by atoms with Crippen molar-refractivity contribution in [1.29, 1.82) is 0 Å². The van der Waals surface area contributed by atoms with Gasteiger partial charge >= 0.3 is 0 Å². The van der Waals surface area contributed by atoms with Gasteiger partial charge in [0.2, 0.25) is 0 Å². The first-order chi connectivity index (χ1) is 14.7. The lowest BCUT2D eigenvalue weighted by Gasteiger charge is -2.17. The van der Waals surface area contributed by atoms with E-state index in [1.54, 1.807) is 23.0 Å². The van der Waals surface area contributed by atoms with Crippen LogP contribution in [0.25, 0.3) is 28.1 Å². The fraction of sp³-hybridized carbons (Fsp3) is 0.120. The third kappa shape index (κ3) is 3.24. The lowest BCUT2D eigenvalue weighted by atomic mass is 9.93. The molecule has 4 aromatic rings. The van der Waals surface area contributed by atoms with Gasteiger partial charge in [-0.3, -0.25) is 9.59 Å². The zero-order valence-electron chi connectivity index (χ0n) is 16.2. The Morgan fingerprint density at radius 3 is 2.40 bits per heavy atom. The van der Waals surface area contributed by atoms with Crippen LogP contribution in [-0.2, 0) is 0 Å². The Hall–Kier alpha value is -3.86. The van der Waals surface area contributed by atoms with Gasteiger partial charge in [0.25, 0.3) is 5.56 Å². The van der Waals surface area contributed by atoms with Crippen molar-refractivity contribution >= 4 is 22.8 Å². The molecule has 0 unspecified atom stereocenters. The maximum atomic E-state index is 13.6. The maximum Gasteiger partial charge on any atom is 0.263 e. The van der Waals surface area contributed by atoms with E-state index in [0.717, 1.165) is 29.3 Å². The first-order valence-electron chi connectivity index (χ1n) is 9.94. The van der Waals surface area contributed by atoms with Crippen LogP contribution in [0.4, 0.5) is 0 Å². The number of pyridine rings is 1. The zero-order valence-corrected chi connectivity index (χ0v) is 16.2. The number of hydrogen-bond donors (Lipinski definition) is 0. The lowest BCUT2D eigenvalue weighted by molar-refractivity contribution is 0.104. The van der Waals surface area contributed by atoms with Crippen molar-refractivity contribution in [2.45, 2.75) is 18.9 Å². The summed E-state index contributed by atoms with van der Waals surface area (Å²) >= 11 is 0. The van der Waals surface area contributed by atoms with Crippen LogP contribution in [0, 0.1) is 0 Å². The van der Waals surface area contributed by atoms with E-state index in [9.17, 15) is 9.59 Å². The number of para-hydroxylation sites is 1. The van der Waals surface area contributed by atoms with Gasteiger partial charge in [-0.1, -0.05) is 48.5 Å². The molecule has 30 heavy (non-hydrogen) atoms. The van der Waals surface area contributed by atoms with Crippen molar-refractivity contribution in [2.75, 3.05) is 0 Å². The summed E-state index contributed by atoms with van der Waals surface area (Å²) in [5.41, 5.74) is 3.10. The quantitative estimate of drug-likeness (QED) is 0.364. The van der Waals surface area contributed by atoms with Gasteiger partial charge in [0.15, 0.2) is 5.78 Å². The summed E-state index contributed by atoms with van der Waals surface area (Å²) in [7, 11) is 0. The molecule has 1 aliphatic carbocycles. The molecule has 0 spiro atoms. The maximum absolute atomic E-state index is 13.6. The molecule has 0 saturated heterocycles. The Bertz CT molecular complexity index is 1320. The van der Waals surface area contributed by atoms with Crippen molar-refractivity contribution in [3.63, 3.8) is 0 Å². The molecule has 2 aromatic carbocycles. The normalized spacial score (nSPS) is 13.7. The van der Waals surface area contributed by atoms with Gasteiger partial charge in [0.1, 0.15) is 6.33 Å². The Labute approximate surface area is 173 Å². The van der Waals surface area contributed by atoms with E-state index in [1.165, 1.54) is 12.4 Å². The number of aromatic nitrogens is 3. The van der Waals surface area contributed by atoms with E-state index in [1.807, 2.05) is 54.6 Å². The predicted molar refractivity (Wildman–Crippen MR) is 117 cm³/mol. The molecule has 146 valence electrons. The molecule has 5 heteroatoms. The van der Waals surface area contributed by atoms with Crippen molar-refractivity contribution in [1.82, 2.24) is 14.5 Å². The molecule has 5 nitrogen and oxygen atoms in total. The standard InChI is InChI=1S/C25H19N3O2/c29-22(13-10-17-14-26-16-27-15-17)24-23(18-6-2-1-3-7-18)20-8-4-5-9-21(20)28(25(24)30)19-11-12-19/h1-10,13-16,19H,11-12H2/b13-10+. The van der Waals surface area contributed by atoms with E-state index in [-0.39, 0.29) is 22.9 Å². The number of hydrogen-bond acceptors (Lipinski definition) is 4. The number of carbonyl (C=O) groups excluding carboxylic acids is 1. The molecule has 1 aliphatic rings. The second-order valence-corrected chi connectivity index (χ2v) is 7.41. The van der Waals surface area contributed by atoms with Crippen molar-refractivity contribution in [2.24, 2.45) is 0 Å². The highest BCUT2D eigenvalue weighted by atomic mass is 16.1. The van der Waals surface area contributed by atoms with Crippen LogP contribution in [-0.4, -0.2) is 20.3 Å². The molecule has 1 saturated carbocycles. The monoisotopic (exact) mass is 393 g/mol. The van der Waals surface area contributed by atoms with Crippen LogP contribution in [0.15, 0.2) is 84.2 Å². The first kappa shape index (κ1) is 18.2. The van der Waals surface area contributed by atoms with E-state index in [0.29, 0.717) is 11.1 Å². The predicted octanol–water partition coefficient (Wildman–Crippen LogP) is 4.69. The van der Waals surface area contributed by atoms with Crippen LogP contribution in [0.1, 0.15) is 34.8 Å². The van der Waals surface area contributed by atoms with Gasteiger partial charge in [-0.25, -0.2) is 9.97 Å². The molecule has 0 aliphatic heterocycles. The second kappa shape index (κ2) is 7.52. The highest BCUT2D eigenvalue weighted by molar-refractivity contribution is 6.15. The molecular weight excluding hydrogens is 374 g/mol. The van der Waals surface area contributed by atoms with Crippen LogP contribution >= 0.6 is 0 Å². The minimum Gasteiger partial charge on any atom is -0.305 e. The molecule has 0 radical (unpaired) electrons. The number of ketones is 1. The van der Waals surface area contributed by atoms with Gasteiger partial charge in [-0.2, -0.15) is 0 Å². The third-order valence-electron chi connectivity index (χ3n) is 5.34. The molecular formula is C25H19N3O2. The molecule has 2 heterocycles. The minimum atomic E-state index is -0.317. The SMILES string of the molecule is O=C(/C=C/c1cncnc1)c1c(-c2ccccc2)c2ccccc2n(C2CC2)c1=O. The van der Waals surface area contributed by atoms with E-state index in [4.69, 9.17) is 0 Å². The molecule has 5 rings (SSSR count).